The molecule has 1 aliphatic carbocycles. The van der Waals surface area contributed by atoms with E-state index >= 15 is 0 Å². The summed E-state index contributed by atoms with van der Waals surface area (Å²) in [6, 6.07) is 60.6. The molecule has 4 heterocycles. The molecule has 0 saturated carbocycles. The minimum absolute atomic E-state index is 0.357. The summed E-state index contributed by atoms with van der Waals surface area (Å²) >= 11 is 1.89. The molecular formula is C56H37N3S. The monoisotopic (exact) mass is 783 g/mol. The smallest absolute Gasteiger partial charge is 0.138 e. The van der Waals surface area contributed by atoms with Crippen LogP contribution in [0.1, 0.15) is 30.4 Å². The molecule has 2 aliphatic rings. The maximum absolute atomic E-state index is 5.56. The van der Waals surface area contributed by atoms with Crippen molar-refractivity contribution in [2.45, 2.75) is 29.1 Å². The van der Waals surface area contributed by atoms with Gasteiger partial charge in [-0.15, -0.1) is 0 Å². The Labute approximate surface area is 351 Å². The normalized spacial score (nSPS) is 15.7. The fraction of sp³-hybridized carbons (Fsp3) is 0.0536. The van der Waals surface area contributed by atoms with Crippen LogP contribution < -0.4 is 0 Å². The minimum Gasteiger partial charge on any atom is -0.309 e. The van der Waals surface area contributed by atoms with Gasteiger partial charge in [-0.3, -0.25) is 4.57 Å². The van der Waals surface area contributed by atoms with Crippen LogP contribution in [-0.2, 0) is 0 Å². The van der Waals surface area contributed by atoms with E-state index in [2.05, 4.69) is 204 Å². The van der Waals surface area contributed by atoms with Gasteiger partial charge in [-0.2, -0.15) is 0 Å². The molecule has 282 valence electrons. The van der Waals surface area contributed by atoms with Crippen LogP contribution in [0, 0.1) is 0 Å². The first-order valence-electron chi connectivity index (χ1n) is 20.9. The lowest BCUT2D eigenvalue weighted by molar-refractivity contribution is 0.782. The van der Waals surface area contributed by atoms with Crippen LogP contribution in [0.4, 0.5) is 0 Å². The average molecular weight is 784 g/mol. The third kappa shape index (κ3) is 4.89. The topological polar surface area (TPSA) is 22.8 Å². The highest BCUT2D eigenvalue weighted by Gasteiger charge is 2.25. The van der Waals surface area contributed by atoms with Crippen molar-refractivity contribution in [2.75, 3.05) is 0 Å². The average Bonchev–Trinajstić information content (AvgIpc) is 3.80. The van der Waals surface area contributed by atoms with Gasteiger partial charge in [-0.05, 0) is 112 Å². The number of para-hydroxylation sites is 3. The fourth-order valence-electron chi connectivity index (χ4n) is 10.2. The maximum atomic E-state index is 5.56. The zero-order valence-corrected chi connectivity index (χ0v) is 33.7. The van der Waals surface area contributed by atoms with E-state index in [1.54, 1.807) is 0 Å². The molecule has 60 heavy (non-hydrogen) atoms. The molecule has 1 aliphatic heterocycles. The van der Waals surface area contributed by atoms with E-state index in [1.807, 2.05) is 11.8 Å². The van der Waals surface area contributed by atoms with Gasteiger partial charge in [0, 0.05) is 47.8 Å². The Morgan fingerprint density at radius 2 is 1.28 bits per heavy atom. The van der Waals surface area contributed by atoms with Gasteiger partial charge in [0.1, 0.15) is 5.82 Å². The molecule has 3 aromatic heterocycles. The highest BCUT2D eigenvalue weighted by Crippen LogP contribution is 2.52. The second kappa shape index (κ2) is 12.9. The Balaban J connectivity index is 0.987. The molecule has 1 unspecified atom stereocenters. The number of hydrogen-bond acceptors (Lipinski definition) is 2. The summed E-state index contributed by atoms with van der Waals surface area (Å²) in [5.74, 6) is 1.31. The van der Waals surface area contributed by atoms with Gasteiger partial charge in [0.2, 0.25) is 0 Å². The highest BCUT2D eigenvalue weighted by molar-refractivity contribution is 7.99. The zero-order chi connectivity index (χ0) is 39.5. The maximum Gasteiger partial charge on any atom is 0.138 e. The predicted molar refractivity (Wildman–Crippen MR) is 254 cm³/mol. The summed E-state index contributed by atoms with van der Waals surface area (Å²) in [7, 11) is 0. The number of nitrogens with zero attached hydrogens (tertiary/aromatic N) is 3. The van der Waals surface area contributed by atoms with Gasteiger partial charge in [0.05, 0.1) is 27.6 Å². The van der Waals surface area contributed by atoms with E-state index in [4.69, 9.17) is 4.98 Å². The fourth-order valence-corrected chi connectivity index (χ4v) is 11.4. The molecule has 4 heteroatoms. The zero-order valence-electron chi connectivity index (χ0n) is 32.9. The molecule has 0 bridgehead atoms. The van der Waals surface area contributed by atoms with E-state index in [0.29, 0.717) is 5.92 Å². The molecule has 3 nitrogen and oxygen atoms in total. The summed E-state index contributed by atoms with van der Waals surface area (Å²) in [5, 5.41) is 8.85. The molecular weight excluding hydrogens is 747 g/mol. The molecule has 0 spiro atoms. The largest absolute Gasteiger partial charge is 0.309 e. The third-order valence-electron chi connectivity index (χ3n) is 12.9. The Morgan fingerprint density at radius 3 is 2.18 bits per heavy atom. The van der Waals surface area contributed by atoms with E-state index in [-0.39, 0.29) is 0 Å². The number of allylic oxidation sites excluding steroid dienone is 3. The Hall–Kier alpha value is -7.14. The second-order valence-electron chi connectivity index (χ2n) is 16.3. The molecule has 0 amide bonds. The van der Waals surface area contributed by atoms with Crippen LogP contribution in [0.15, 0.2) is 192 Å². The second-order valence-corrected chi connectivity index (χ2v) is 17.4. The standard InChI is InChI=1S/C56H37N3S/c1-34-13-4-2-5-14-35-23-24-36-27-30-52(57-56(36)53(34)35)59-47-22-11-9-18-43(47)54-44-20-12-19-42-41-28-25-38(32-50(41)60-51(55(42)44)33-49(54)59)37-26-29-48-45(31-37)40-17-8-10-21-46(40)58(48)39-15-6-3-7-16-39/h2-12,14-34H,13H2,1H3/b4-2+,14-5-. The van der Waals surface area contributed by atoms with Crippen molar-refractivity contribution in [1.82, 2.24) is 14.1 Å². The van der Waals surface area contributed by atoms with E-state index < -0.39 is 0 Å². The summed E-state index contributed by atoms with van der Waals surface area (Å²) in [6.45, 7) is 2.33. The predicted octanol–water partition coefficient (Wildman–Crippen LogP) is 15.5. The van der Waals surface area contributed by atoms with Crippen LogP contribution in [0.5, 0.6) is 0 Å². The number of aromatic nitrogens is 3. The van der Waals surface area contributed by atoms with Gasteiger partial charge in [-0.1, -0.05) is 146 Å². The van der Waals surface area contributed by atoms with Crippen molar-refractivity contribution >= 4 is 83.1 Å². The first-order valence-corrected chi connectivity index (χ1v) is 21.7. The van der Waals surface area contributed by atoms with E-state index in [9.17, 15) is 0 Å². The molecule has 0 saturated heterocycles. The molecule has 0 radical (unpaired) electrons. The lowest BCUT2D eigenvalue weighted by atomic mass is 9.89. The van der Waals surface area contributed by atoms with Crippen molar-refractivity contribution < 1.29 is 0 Å². The molecule has 0 N–H and O–H groups in total. The highest BCUT2D eigenvalue weighted by atomic mass is 32.2. The van der Waals surface area contributed by atoms with Gasteiger partial charge >= 0.3 is 0 Å². The first kappa shape index (κ1) is 33.8. The summed E-state index contributed by atoms with van der Waals surface area (Å²) < 4.78 is 4.79. The van der Waals surface area contributed by atoms with Crippen molar-refractivity contribution in [3.8, 4) is 33.8 Å². The number of pyridine rings is 1. The van der Waals surface area contributed by atoms with Crippen molar-refractivity contribution in [3.05, 3.63) is 193 Å². The van der Waals surface area contributed by atoms with E-state index in [1.165, 1.54) is 109 Å². The van der Waals surface area contributed by atoms with Crippen LogP contribution >= 0.6 is 11.8 Å². The molecule has 0 fully saturated rings. The lowest BCUT2D eigenvalue weighted by Gasteiger charge is -2.22. The van der Waals surface area contributed by atoms with Gasteiger partial charge < -0.3 is 4.57 Å². The first-order chi connectivity index (χ1) is 29.7. The lowest BCUT2D eigenvalue weighted by Crippen LogP contribution is -2.03. The number of rotatable bonds is 3. The summed E-state index contributed by atoms with van der Waals surface area (Å²) in [5.41, 5.74) is 14.7. The Kier molecular flexibility index (Phi) is 7.28. The van der Waals surface area contributed by atoms with Gasteiger partial charge in [0.25, 0.3) is 0 Å². The molecule has 13 rings (SSSR count). The third-order valence-corrected chi connectivity index (χ3v) is 14.0. The summed E-state index contributed by atoms with van der Waals surface area (Å²) in [4.78, 5) is 8.11. The molecule has 8 aromatic carbocycles. The van der Waals surface area contributed by atoms with Gasteiger partial charge in [0.15, 0.2) is 0 Å². The van der Waals surface area contributed by atoms with Crippen molar-refractivity contribution in [2.24, 2.45) is 0 Å². The van der Waals surface area contributed by atoms with Crippen molar-refractivity contribution in [3.63, 3.8) is 0 Å². The SMILES string of the molecule is CC1C/C=C/C=C\c2ccc3ccc(-n4c5ccccc5c5c6cccc7c6c(cc54)Sc4cc(-c5ccc6c(c5)c5ccccc5n6-c5ccccc5)ccc4-7)nc3c21. The van der Waals surface area contributed by atoms with Crippen LogP contribution in [0.2, 0.25) is 0 Å². The quantitative estimate of drug-likeness (QED) is 0.178. The Morgan fingerprint density at radius 1 is 0.533 bits per heavy atom. The van der Waals surface area contributed by atoms with Crippen molar-refractivity contribution in [1.29, 1.82) is 0 Å². The van der Waals surface area contributed by atoms with Crippen LogP contribution in [0.25, 0.3) is 105 Å². The Bertz CT molecular complexity index is 3680. The van der Waals surface area contributed by atoms with Crippen LogP contribution in [0.3, 0.4) is 0 Å². The van der Waals surface area contributed by atoms with E-state index in [0.717, 1.165) is 17.8 Å². The van der Waals surface area contributed by atoms with Crippen LogP contribution in [-0.4, -0.2) is 14.1 Å². The van der Waals surface area contributed by atoms with Gasteiger partial charge in [-0.25, -0.2) is 4.98 Å². The number of fused-ring (bicyclic) bond motifs is 12. The number of benzene rings is 8. The summed E-state index contributed by atoms with van der Waals surface area (Å²) in [6.07, 6.45) is 9.81. The molecule has 11 aromatic rings. The molecule has 1 atom stereocenters. The number of hydrogen-bond donors (Lipinski definition) is 0. The minimum atomic E-state index is 0.357.